The zero-order chi connectivity index (χ0) is 40.0. The number of rotatable bonds is 14. The summed E-state index contributed by atoms with van der Waals surface area (Å²) < 4.78 is 60.0. The summed E-state index contributed by atoms with van der Waals surface area (Å²) in [6.07, 6.45) is 7.85. The van der Waals surface area contributed by atoms with Crippen LogP contribution in [0.5, 0.6) is 11.8 Å². The van der Waals surface area contributed by atoms with Crippen molar-refractivity contribution < 1.29 is 32.1 Å². The molecule has 0 saturated heterocycles. The van der Waals surface area contributed by atoms with Crippen molar-refractivity contribution in [3.63, 3.8) is 0 Å². The number of carbonyl (C=O) groups is 2. The maximum atomic E-state index is 14.4. The van der Waals surface area contributed by atoms with E-state index < -0.39 is 34.7 Å². The third kappa shape index (κ3) is 10.9. The van der Waals surface area contributed by atoms with Gasteiger partial charge in [0.25, 0.3) is 11.8 Å². The van der Waals surface area contributed by atoms with Gasteiger partial charge in [0, 0.05) is 40.3 Å². The maximum Gasteiger partial charge on any atom is 0.267 e. The van der Waals surface area contributed by atoms with E-state index in [1.807, 2.05) is 30.3 Å². The van der Waals surface area contributed by atoms with Gasteiger partial charge in [-0.25, -0.2) is 13.6 Å². The fourth-order valence-electron chi connectivity index (χ4n) is 5.07. The summed E-state index contributed by atoms with van der Waals surface area (Å²) in [4.78, 5) is 33.4. The van der Waals surface area contributed by atoms with Gasteiger partial charge >= 0.3 is 0 Å². The Balaban J connectivity index is 0.000000192. The van der Waals surface area contributed by atoms with E-state index in [-0.39, 0.29) is 41.0 Å². The summed E-state index contributed by atoms with van der Waals surface area (Å²) in [6, 6.07) is 26.7. The molecule has 13 nitrogen and oxygen atoms in total. The van der Waals surface area contributed by atoms with Crippen LogP contribution in [0.25, 0.3) is 11.6 Å². The van der Waals surface area contributed by atoms with E-state index in [0.717, 1.165) is 42.5 Å². The van der Waals surface area contributed by atoms with Gasteiger partial charge in [-0.1, -0.05) is 57.7 Å². The molecule has 0 bridgehead atoms. The van der Waals surface area contributed by atoms with E-state index in [1.54, 1.807) is 60.9 Å². The van der Waals surface area contributed by atoms with Gasteiger partial charge in [-0.3, -0.25) is 19.0 Å². The van der Waals surface area contributed by atoms with E-state index in [9.17, 15) is 22.6 Å². The molecule has 6 aromatic rings. The molecule has 302 valence electrons. The molecule has 2 aromatic carbocycles. The fraction of sp³-hybridized carbons (Fsp3) is 0.268. The van der Waals surface area contributed by atoms with Crippen molar-refractivity contribution in [2.75, 3.05) is 13.2 Å². The highest BCUT2D eigenvalue weighted by Gasteiger charge is 2.39. The molecule has 0 aliphatic heterocycles. The SMILES string of the molecule is C.CC1(COc2ccn(-c3ccc(C(=O)NS(=O)c4ccccc4)c(F)n3)n2)CC1.CC1(COc2ccn(-c3ccc(C(=O)NSc4ccccc4)c(F)n3)n2)CC1. The Morgan fingerprint density at radius 2 is 1.17 bits per heavy atom. The lowest BCUT2D eigenvalue weighted by atomic mass is 10.2. The first-order valence-electron chi connectivity index (χ1n) is 18.0. The summed E-state index contributed by atoms with van der Waals surface area (Å²) in [5.74, 6) is -1.82. The van der Waals surface area contributed by atoms with Crippen LogP contribution in [0.4, 0.5) is 8.78 Å². The third-order valence-corrected chi connectivity index (χ3v) is 11.1. The lowest BCUT2D eigenvalue weighted by Gasteiger charge is -2.08. The molecule has 0 radical (unpaired) electrons. The molecule has 4 heterocycles. The van der Waals surface area contributed by atoms with Gasteiger partial charge in [0.1, 0.15) is 0 Å². The maximum absolute atomic E-state index is 14.4. The van der Waals surface area contributed by atoms with Crippen molar-refractivity contribution in [1.29, 1.82) is 0 Å². The highest BCUT2D eigenvalue weighted by molar-refractivity contribution is 7.98. The van der Waals surface area contributed by atoms with Gasteiger partial charge in [0.15, 0.2) is 22.6 Å². The number of halogens is 2. The average molecular weight is 829 g/mol. The number of aromatic nitrogens is 6. The summed E-state index contributed by atoms with van der Waals surface area (Å²) >= 11 is 1.12. The summed E-state index contributed by atoms with van der Waals surface area (Å²) in [6.45, 7) is 5.52. The second-order valence-corrected chi connectivity index (χ2v) is 16.4. The average Bonchev–Trinajstić information content (AvgIpc) is 3.99. The van der Waals surface area contributed by atoms with Crippen LogP contribution in [0.2, 0.25) is 0 Å². The highest BCUT2D eigenvalue weighted by atomic mass is 32.2. The molecule has 0 spiro atoms. The smallest absolute Gasteiger partial charge is 0.267 e. The molecule has 8 rings (SSSR count). The van der Waals surface area contributed by atoms with E-state index in [2.05, 4.69) is 43.5 Å². The van der Waals surface area contributed by atoms with Crippen molar-refractivity contribution in [3.05, 3.63) is 132 Å². The van der Waals surface area contributed by atoms with Crippen molar-refractivity contribution >= 4 is 34.7 Å². The van der Waals surface area contributed by atoms with Crippen LogP contribution in [0.3, 0.4) is 0 Å². The summed E-state index contributed by atoms with van der Waals surface area (Å²) in [5, 5.41) is 8.49. The van der Waals surface area contributed by atoms with E-state index in [4.69, 9.17) is 9.47 Å². The molecule has 2 fully saturated rings. The Labute approximate surface area is 341 Å². The normalized spacial score (nSPS) is 14.8. The van der Waals surface area contributed by atoms with Gasteiger partial charge in [-0.05, 0) is 86.2 Å². The monoisotopic (exact) mass is 828 g/mol. The molecule has 2 aliphatic carbocycles. The number of pyridine rings is 2. The molecule has 17 heteroatoms. The first-order valence-corrected chi connectivity index (χ1v) is 19.9. The van der Waals surface area contributed by atoms with Crippen LogP contribution < -0.4 is 18.9 Å². The topological polar surface area (TPSA) is 155 Å². The van der Waals surface area contributed by atoms with Crippen molar-refractivity contribution in [1.82, 2.24) is 39.0 Å². The second kappa shape index (κ2) is 18.1. The number of hydrogen-bond acceptors (Lipinski definition) is 10. The Bertz CT molecular complexity index is 2390. The first-order chi connectivity index (χ1) is 27.5. The lowest BCUT2D eigenvalue weighted by molar-refractivity contribution is 0.0970. The predicted octanol–water partition coefficient (Wildman–Crippen LogP) is 7.70. The molecule has 1 unspecified atom stereocenters. The molecule has 4 aromatic heterocycles. The fourth-order valence-corrected chi connectivity index (χ4v) is 6.48. The Hall–Kier alpha value is -5.94. The van der Waals surface area contributed by atoms with Crippen molar-refractivity contribution in [2.45, 2.75) is 56.7 Å². The van der Waals surface area contributed by atoms with Crippen LogP contribution in [-0.2, 0) is 11.0 Å². The van der Waals surface area contributed by atoms with Crippen molar-refractivity contribution in [2.24, 2.45) is 10.8 Å². The quantitative estimate of drug-likeness (QED) is 0.0825. The molecule has 1 atom stereocenters. The number of hydrogen-bond donors (Lipinski definition) is 2. The number of benzene rings is 2. The minimum atomic E-state index is -1.79. The van der Waals surface area contributed by atoms with Gasteiger partial charge < -0.3 is 9.47 Å². The zero-order valence-corrected chi connectivity index (χ0v) is 32.6. The number of ether oxygens (including phenoxy) is 2. The summed E-state index contributed by atoms with van der Waals surface area (Å²) in [5.41, 5.74) is 0.0463. The largest absolute Gasteiger partial charge is 0.476 e. The number of nitrogens with one attached hydrogen (secondary N) is 2. The van der Waals surface area contributed by atoms with Gasteiger partial charge in [0.2, 0.25) is 23.7 Å². The Kier molecular flexibility index (Phi) is 13.0. The molecule has 2 amide bonds. The van der Waals surface area contributed by atoms with Crippen LogP contribution in [0.1, 0.15) is 67.7 Å². The number of carbonyl (C=O) groups excluding carboxylic acids is 2. The number of amides is 2. The van der Waals surface area contributed by atoms with Crippen LogP contribution in [-0.4, -0.2) is 58.8 Å². The van der Waals surface area contributed by atoms with E-state index >= 15 is 0 Å². The summed E-state index contributed by atoms with van der Waals surface area (Å²) in [7, 11) is -1.79. The van der Waals surface area contributed by atoms with Crippen molar-refractivity contribution in [3.8, 4) is 23.4 Å². The van der Waals surface area contributed by atoms with Gasteiger partial charge in [0.05, 0.1) is 29.2 Å². The molecular weight excluding hydrogens is 787 g/mol. The molecule has 2 aliphatic rings. The molecule has 2 N–H and O–H groups in total. The van der Waals surface area contributed by atoms with Gasteiger partial charge in [-0.2, -0.15) is 18.7 Å². The Morgan fingerprint density at radius 3 is 1.64 bits per heavy atom. The van der Waals surface area contributed by atoms with E-state index in [0.29, 0.717) is 29.9 Å². The lowest BCUT2D eigenvalue weighted by Crippen LogP contribution is -2.27. The standard InChI is InChI=1S/C20H19FN4O3S.C20H19FN4O2S.CH4/c1-20(10-11-20)13-28-17-9-12-25(23-17)16-8-7-15(18(21)22-16)19(26)24-29(27)14-5-3-2-4-6-14;1-20(10-11-20)13-27-17-9-12-25(23-17)16-8-7-15(18(21)22-16)19(26)24-28-14-5-3-2-4-6-14;/h2-9,12H,10-11,13H2,1H3,(H,24,26);2-9,12H,10-11,13H2,1H3,(H,24,26);1H4. The van der Waals surface area contributed by atoms with Crippen LogP contribution in [0, 0.1) is 22.7 Å². The number of nitrogens with zero attached hydrogens (tertiary/aromatic N) is 6. The minimum Gasteiger partial charge on any atom is -0.476 e. The predicted molar refractivity (Wildman–Crippen MR) is 215 cm³/mol. The van der Waals surface area contributed by atoms with Crippen LogP contribution in [0.15, 0.2) is 119 Å². The molecular formula is C41H42F2N8O5S2. The first kappa shape index (κ1) is 41.7. The zero-order valence-electron chi connectivity index (χ0n) is 30.9. The molecule has 58 heavy (non-hydrogen) atoms. The third-order valence-electron chi connectivity index (χ3n) is 9.25. The van der Waals surface area contributed by atoms with E-state index in [1.165, 1.54) is 27.6 Å². The second-order valence-electron chi connectivity index (χ2n) is 14.3. The highest BCUT2D eigenvalue weighted by Crippen LogP contribution is 2.45. The van der Waals surface area contributed by atoms with Gasteiger partial charge in [-0.15, -0.1) is 10.2 Å². The Morgan fingerprint density at radius 1 is 0.707 bits per heavy atom. The van der Waals surface area contributed by atoms with Crippen LogP contribution >= 0.6 is 11.9 Å². The minimum absolute atomic E-state index is 0. The molecule has 2 saturated carbocycles.